The summed E-state index contributed by atoms with van der Waals surface area (Å²) in [5.74, 6) is -1.10. The molecule has 2 aromatic carbocycles. The molecule has 1 atom stereocenters. The fourth-order valence-corrected chi connectivity index (χ4v) is 3.75. The third-order valence-electron chi connectivity index (χ3n) is 3.86. The predicted molar refractivity (Wildman–Crippen MR) is 94.1 cm³/mol. The molecule has 1 amide bonds. The highest BCUT2D eigenvalue weighted by molar-refractivity contribution is 7.89. The van der Waals surface area contributed by atoms with Crippen LogP contribution in [0.2, 0.25) is 0 Å². The number of halogens is 4. The number of likely N-dealkylation sites (N-methyl/N-ethyl adjacent to an activating group) is 1. The van der Waals surface area contributed by atoms with Gasteiger partial charge in [-0.2, -0.15) is 17.9 Å². The molecule has 0 radical (unpaired) electrons. The molecular formula is C18H18F4N2O3S. The minimum Gasteiger partial charge on any atom is -0.340 e. The highest BCUT2D eigenvalue weighted by Crippen LogP contribution is 2.30. The molecule has 0 spiro atoms. The fraction of sp³-hybridized carbons (Fsp3) is 0.278. The van der Waals surface area contributed by atoms with E-state index in [2.05, 4.69) is 4.72 Å². The normalized spacial score (nSPS) is 13.2. The highest BCUT2D eigenvalue weighted by Gasteiger charge is 2.32. The molecule has 0 saturated heterocycles. The number of benzene rings is 2. The number of alkyl halides is 3. The molecule has 0 aromatic heterocycles. The van der Waals surface area contributed by atoms with Crippen LogP contribution in [0.15, 0.2) is 53.4 Å². The summed E-state index contributed by atoms with van der Waals surface area (Å²) in [5.41, 5.74) is -0.610. The maximum atomic E-state index is 13.2. The van der Waals surface area contributed by atoms with Crippen LogP contribution in [0, 0.1) is 5.82 Å². The maximum absolute atomic E-state index is 13.2. The number of hydrogen-bond acceptors (Lipinski definition) is 3. The van der Waals surface area contributed by atoms with Gasteiger partial charge in [0.15, 0.2) is 0 Å². The smallest absolute Gasteiger partial charge is 0.340 e. The largest absolute Gasteiger partial charge is 0.416 e. The molecule has 2 rings (SSSR count). The van der Waals surface area contributed by atoms with Gasteiger partial charge in [0.2, 0.25) is 15.9 Å². The van der Waals surface area contributed by atoms with Crippen LogP contribution < -0.4 is 4.72 Å². The molecule has 1 N–H and O–H groups in total. The van der Waals surface area contributed by atoms with Crippen LogP contribution in [0.1, 0.15) is 18.1 Å². The van der Waals surface area contributed by atoms with E-state index in [1.807, 2.05) is 0 Å². The van der Waals surface area contributed by atoms with Gasteiger partial charge in [0.25, 0.3) is 0 Å². The molecule has 0 saturated carbocycles. The molecule has 5 nitrogen and oxygen atoms in total. The first-order valence-corrected chi connectivity index (χ1v) is 9.57. The van der Waals surface area contributed by atoms with E-state index in [1.165, 1.54) is 37.1 Å². The van der Waals surface area contributed by atoms with Crippen molar-refractivity contribution in [2.45, 2.75) is 30.6 Å². The van der Waals surface area contributed by atoms with Gasteiger partial charge >= 0.3 is 6.18 Å². The standard InChI is InChI=1S/C18H18F4N2O3S/c1-12(17(25)24(2)11-13-5-3-7-15(19)9-13)23-28(26,27)16-8-4-6-14(10-16)18(20,21)22/h3-10,12,23H,11H2,1-2H3. The summed E-state index contributed by atoms with van der Waals surface area (Å²) in [6, 6.07) is 7.55. The number of sulfonamides is 1. The topological polar surface area (TPSA) is 66.5 Å². The molecule has 1 unspecified atom stereocenters. The van der Waals surface area contributed by atoms with E-state index < -0.39 is 44.4 Å². The Hall–Kier alpha value is -2.46. The van der Waals surface area contributed by atoms with Crippen molar-refractivity contribution in [3.05, 3.63) is 65.5 Å². The third-order valence-corrected chi connectivity index (χ3v) is 5.40. The van der Waals surface area contributed by atoms with Crippen molar-refractivity contribution >= 4 is 15.9 Å². The Bertz CT molecular complexity index is 961. The van der Waals surface area contributed by atoms with Crippen LogP contribution in [0.4, 0.5) is 17.6 Å². The Morgan fingerprint density at radius 1 is 1.14 bits per heavy atom. The summed E-state index contributed by atoms with van der Waals surface area (Å²) >= 11 is 0. The first-order chi connectivity index (χ1) is 12.9. The molecule has 0 heterocycles. The number of hydrogen-bond donors (Lipinski definition) is 1. The molecule has 0 bridgehead atoms. The zero-order chi connectivity index (χ0) is 21.1. The number of nitrogens with one attached hydrogen (secondary N) is 1. The second-order valence-corrected chi connectivity index (χ2v) is 7.91. The van der Waals surface area contributed by atoms with E-state index in [-0.39, 0.29) is 6.54 Å². The van der Waals surface area contributed by atoms with Crippen molar-refractivity contribution in [2.75, 3.05) is 7.05 Å². The lowest BCUT2D eigenvalue weighted by atomic mass is 10.2. The maximum Gasteiger partial charge on any atom is 0.416 e. The van der Waals surface area contributed by atoms with Crippen LogP contribution in [-0.2, 0) is 27.5 Å². The van der Waals surface area contributed by atoms with E-state index in [4.69, 9.17) is 0 Å². The molecule has 0 aliphatic carbocycles. The highest BCUT2D eigenvalue weighted by atomic mass is 32.2. The number of rotatable bonds is 6. The second kappa shape index (κ2) is 8.27. The van der Waals surface area contributed by atoms with Crippen LogP contribution in [0.5, 0.6) is 0 Å². The Labute approximate surface area is 160 Å². The zero-order valence-corrected chi connectivity index (χ0v) is 15.8. The summed E-state index contributed by atoms with van der Waals surface area (Å²) in [4.78, 5) is 13.0. The van der Waals surface area contributed by atoms with E-state index >= 15 is 0 Å². The minimum atomic E-state index is -4.70. The fourth-order valence-electron chi connectivity index (χ4n) is 2.51. The molecule has 2 aromatic rings. The number of carbonyl (C=O) groups is 1. The van der Waals surface area contributed by atoms with Gasteiger partial charge in [-0.05, 0) is 42.8 Å². The molecular weight excluding hydrogens is 400 g/mol. The van der Waals surface area contributed by atoms with Crippen LogP contribution in [-0.4, -0.2) is 32.3 Å². The van der Waals surface area contributed by atoms with E-state index in [9.17, 15) is 30.8 Å². The average molecular weight is 418 g/mol. The summed E-state index contributed by atoms with van der Waals surface area (Å²) in [6.07, 6.45) is -4.70. The summed E-state index contributed by atoms with van der Waals surface area (Å²) < 4.78 is 78.4. The second-order valence-electron chi connectivity index (χ2n) is 6.19. The first-order valence-electron chi connectivity index (χ1n) is 8.09. The summed E-state index contributed by atoms with van der Waals surface area (Å²) in [7, 11) is -2.95. The Morgan fingerprint density at radius 2 is 1.79 bits per heavy atom. The third kappa shape index (κ3) is 5.52. The minimum absolute atomic E-state index is 0.0339. The lowest BCUT2D eigenvalue weighted by Gasteiger charge is -2.22. The number of nitrogens with zero attached hydrogens (tertiary/aromatic N) is 1. The Kier molecular flexibility index (Phi) is 6.45. The van der Waals surface area contributed by atoms with Crippen molar-refractivity contribution in [3.63, 3.8) is 0 Å². The van der Waals surface area contributed by atoms with Gasteiger partial charge < -0.3 is 4.90 Å². The van der Waals surface area contributed by atoms with Crippen molar-refractivity contribution in [2.24, 2.45) is 0 Å². The van der Waals surface area contributed by atoms with Gasteiger partial charge in [0.05, 0.1) is 16.5 Å². The molecule has 0 aliphatic heterocycles. The molecule has 0 fully saturated rings. The average Bonchev–Trinajstić information content (AvgIpc) is 2.60. The monoisotopic (exact) mass is 418 g/mol. The van der Waals surface area contributed by atoms with Gasteiger partial charge in [0, 0.05) is 13.6 Å². The Balaban J connectivity index is 2.12. The van der Waals surface area contributed by atoms with Crippen LogP contribution in [0.3, 0.4) is 0 Å². The van der Waals surface area contributed by atoms with Crippen LogP contribution >= 0.6 is 0 Å². The SMILES string of the molecule is CC(NS(=O)(=O)c1cccc(C(F)(F)F)c1)C(=O)N(C)Cc1cccc(F)c1. The van der Waals surface area contributed by atoms with Crippen molar-refractivity contribution in [3.8, 4) is 0 Å². The quantitative estimate of drug-likeness (QED) is 0.733. The first kappa shape index (κ1) is 21.8. The summed E-state index contributed by atoms with van der Waals surface area (Å²) in [5, 5.41) is 0. The molecule has 28 heavy (non-hydrogen) atoms. The van der Waals surface area contributed by atoms with E-state index in [0.717, 1.165) is 18.2 Å². The zero-order valence-electron chi connectivity index (χ0n) is 15.0. The summed E-state index contributed by atoms with van der Waals surface area (Å²) in [6.45, 7) is 1.31. The molecule has 10 heteroatoms. The lowest BCUT2D eigenvalue weighted by molar-refractivity contribution is -0.137. The van der Waals surface area contributed by atoms with E-state index in [0.29, 0.717) is 11.6 Å². The van der Waals surface area contributed by atoms with Crippen molar-refractivity contribution in [1.82, 2.24) is 9.62 Å². The van der Waals surface area contributed by atoms with Gasteiger partial charge in [0.1, 0.15) is 5.82 Å². The molecule has 0 aliphatic rings. The van der Waals surface area contributed by atoms with E-state index in [1.54, 1.807) is 6.07 Å². The number of amides is 1. The number of carbonyl (C=O) groups excluding carboxylic acids is 1. The Morgan fingerprint density at radius 3 is 2.39 bits per heavy atom. The van der Waals surface area contributed by atoms with Gasteiger partial charge in [-0.25, -0.2) is 12.8 Å². The lowest BCUT2D eigenvalue weighted by Crippen LogP contribution is -2.45. The van der Waals surface area contributed by atoms with Crippen molar-refractivity contribution < 1.29 is 30.8 Å². The van der Waals surface area contributed by atoms with Crippen molar-refractivity contribution in [1.29, 1.82) is 0 Å². The van der Waals surface area contributed by atoms with Gasteiger partial charge in [-0.15, -0.1) is 0 Å². The molecule has 152 valence electrons. The van der Waals surface area contributed by atoms with Gasteiger partial charge in [-0.1, -0.05) is 18.2 Å². The predicted octanol–water partition coefficient (Wildman–Crippen LogP) is 3.17. The van der Waals surface area contributed by atoms with Gasteiger partial charge in [-0.3, -0.25) is 4.79 Å². The van der Waals surface area contributed by atoms with Crippen LogP contribution in [0.25, 0.3) is 0 Å².